The summed E-state index contributed by atoms with van der Waals surface area (Å²) < 4.78 is 7.29. The molecule has 0 saturated carbocycles. The van der Waals surface area contributed by atoms with E-state index in [2.05, 4.69) is 52.4 Å². The Morgan fingerprint density at radius 3 is 2.41 bits per heavy atom. The minimum atomic E-state index is -0.493. The molecule has 0 radical (unpaired) electrons. The second-order valence-corrected chi connectivity index (χ2v) is 8.29. The van der Waals surface area contributed by atoms with E-state index in [4.69, 9.17) is 4.74 Å². The third kappa shape index (κ3) is 4.38. The van der Waals surface area contributed by atoms with Crippen LogP contribution in [0.5, 0.6) is 5.75 Å². The van der Waals surface area contributed by atoms with Crippen molar-refractivity contribution < 1.29 is 9.53 Å². The monoisotopic (exact) mass is 449 g/mol. The van der Waals surface area contributed by atoms with Gasteiger partial charge >= 0.3 is 0 Å². The lowest BCUT2D eigenvalue weighted by molar-refractivity contribution is 0.0812. The molecule has 3 aromatic rings. The number of benzene rings is 3. The number of aryl methyl sites for hydroxylation is 1. The van der Waals surface area contributed by atoms with E-state index in [1.807, 2.05) is 48.5 Å². The molecule has 1 aliphatic heterocycles. The van der Waals surface area contributed by atoms with Gasteiger partial charge in [-0.2, -0.15) is 0 Å². The van der Waals surface area contributed by atoms with Gasteiger partial charge in [-0.05, 0) is 60.4 Å². The number of ketones is 1. The maximum atomic E-state index is 13.3. The maximum absolute atomic E-state index is 13.3. The van der Waals surface area contributed by atoms with Gasteiger partial charge in [-0.3, -0.25) is 4.79 Å². The highest BCUT2D eigenvalue weighted by atomic mass is 79.9. The van der Waals surface area contributed by atoms with Crippen LogP contribution in [0, 0.1) is 0 Å². The van der Waals surface area contributed by atoms with Crippen LogP contribution in [-0.2, 0) is 6.42 Å². The highest BCUT2D eigenvalue weighted by Crippen LogP contribution is 2.36. The summed E-state index contributed by atoms with van der Waals surface area (Å²) in [6, 6.07) is 23.3. The zero-order valence-electron chi connectivity index (χ0n) is 16.4. The van der Waals surface area contributed by atoms with Crippen molar-refractivity contribution in [1.82, 2.24) is 0 Å². The Bertz CT molecular complexity index is 982. The van der Waals surface area contributed by atoms with Crippen LogP contribution in [0.15, 0.2) is 77.3 Å². The predicted molar refractivity (Wildman–Crippen MR) is 121 cm³/mol. The topological polar surface area (TPSA) is 38.3 Å². The summed E-state index contributed by atoms with van der Waals surface area (Å²) in [5.41, 5.74) is 3.83. The number of Topliss-reactive ketones (excluding diaryl/α,β-unsaturated/α-hetero) is 1. The highest BCUT2D eigenvalue weighted by Gasteiger charge is 2.38. The molecule has 29 heavy (non-hydrogen) atoms. The number of carbonyl (C=O) groups excluding carboxylic acids is 1. The zero-order chi connectivity index (χ0) is 20.2. The molecule has 3 nitrogen and oxygen atoms in total. The third-order valence-electron chi connectivity index (χ3n) is 5.29. The lowest BCUT2D eigenvalue weighted by atomic mass is 9.91. The summed E-state index contributed by atoms with van der Waals surface area (Å²) in [5, 5.41) is 3.43. The number of ether oxygens (including phenoxy) is 1. The average molecular weight is 450 g/mol. The minimum Gasteiger partial charge on any atom is -0.482 e. The highest BCUT2D eigenvalue weighted by molar-refractivity contribution is 9.10. The smallest absolute Gasteiger partial charge is 0.192 e. The van der Waals surface area contributed by atoms with Crippen LogP contribution >= 0.6 is 15.9 Å². The first-order valence-electron chi connectivity index (χ1n) is 10.1. The molecule has 1 aliphatic rings. The number of anilines is 1. The molecule has 2 unspecified atom stereocenters. The average Bonchev–Trinajstić information content (AvgIpc) is 2.76. The molecule has 1 N–H and O–H groups in total. The first kappa shape index (κ1) is 19.7. The number of fused-ring (bicyclic) bond motifs is 1. The van der Waals surface area contributed by atoms with E-state index in [1.165, 1.54) is 18.4 Å². The van der Waals surface area contributed by atoms with Crippen molar-refractivity contribution in [3.63, 3.8) is 0 Å². The lowest BCUT2D eigenvalue weighted by Crippen LogP contribution is -2.42. The number of unbranched alkanes of at least 4 members (excludes halogenated alkanes) is 1. The Morgan fingerprint density at radius 2 is 1.69 bits per heavy atom. The molecular formula is C25H24BrNO2. The normalized spacial score (nSPS) is 18.1. The van der Waals surface area contributed by atoms with Gasteiger partial charge in [-0.15, -0.1) is 0 Å². The summed E-state index contributed by atoms with van der Waals surface area (Å²) in [6.45, 7) is 2.20. The van der Waals surface area contributed by atoms with E-state index < -0.39 is 12.1 Å². The van der Waals surface area contributed by atoms with Crippen molar-refractivity contribution in [2.75, 3.05) is 5.32 Å². The fourth-order valence-electron chi connectivity index (χ4n) is 3.67. The van der Waals surface area contributed by atoms with Crippen LogP contribution in [0.4, 0.5) is 5.69 Å². The standard InChI is InChI=1S/C25H24BrNO2/c1-2-3-6-17-9-15-20(16-10-17)27-23-24(28)21-7-4-5-8-22(21)29-25(23)18-11-13-19(26)14-12-18/h4-5,7-16,23,25,27H,2-3,6H2,1H3. The van der Waals surface area contributed by atoms with Crippen LogP contribution in [0.1, 0.15) is 47.4 Å². The molecule has 3 aromatic carbocycles. The molecule has 0 aliphatic carbocycles. The molecule has 0 bridgehead atoms. The van der Waals surface area contributed by atoms with Crippen molar-refractivity contribution in [2.45, 2.75) is 38.3 Å². The van der Waals surface area contributed by atoms with Crippen LogP contribution in [0.25, 0.3) is 0 Å². The predicted octanol–water partition coefficient (Wildman–Crippen LogP) is 6.59. The number of halogens is 1. The number of nitrogens with one attached hydrogen (secondary N) is 1. The van der Waals surface area contributed by atoms with E-state index in [-0.39, 0.29) is 5.78 Å². The van der Waals surface area contributed by atoms with Crippen molar-refractivity contribution in [3.05, 3.63) is 94.0 Å². The zero-order valence-corrected chi connectivity index (χ0v) is 18.0. The summed E-state index contributed by atoms with van der Waals surface area (Å²) in [7, 11) is 0. The van der Waals surface area contributed by atoms with Crippen LogP contribution in [0.2, 0.25) is 0 Å². The molecule has 1 heterocycles. The fourth-order valence-corrected chi connectivity index (χ4v) is 3.93. The maximum Gasteiger partial charge on any atom is 0.192 e. The van der Waals surface area contributed by atoms with Crippen molar-refractivity contribution in [2.24, 2.45) is 0 Å². The van der Waals surface area contributed by atoms with Gasteiger partial charge in [-0.1, -0.05) is 65.7 Å². The summed E-state index contributed by atoms with van der Waals surface area (Å²) >= 11 is 3.48. The molecular weight excluding hydrogens is 426 g/mol. The van der Waals surface area contributed by atoms with Gasteiger partial charge < -0.3 is 10.1 Å². The second-order valence-electron chi connectivity index (χ2n) is 7.37. The van der Waals surface area contributed by atoms with Gasteiger partial charge in [0.05, 0.1) is 5.56 Å². The van der Waals surface area contributed by atoms with Gasteiger partial charge in [0.1, 0.15) is 11.8 Å². The van der Waals surface area contributed by atoms with Crippen LogP contribution in [0.3, 0.4) is 0 Å². The Balaban J connectivity index is 1.64. The summed E-state index contributed by atoms with van der Waals surface area (Å²) in [4.78, 5) is 13.3. The van der Waals surface area contributed by atoms with Crippen LogP contribution < -0.4 is 10.1 Å². The molecule has 148 valence electrons. The number of rotatable bonds is 6. The van der Waals surface area contributed by atoms with E-state index >= 15 is 0 Å². The number of hydrogen-bond donors (Lipinski definition) is 1. The molecule has 4 heteroatoms. The van der Waals surface area contributed by atoms with Gasteiger partial charge in [-0.25, -0.2) is 0 Å². The SMILES string of the molecule is CCCCc1ccc(NC2C(=O)c3ccccc3OC2c2ccc(Br)cc2)cc1. The molecule has 0 amide bonds. The lowest BCUT2D eigenvalue weighted by Gasteiger charge is -2.34. The largest absolute Gasteiger partial charge is 0.482 e. The van der Waals surface area contributed by atoms with Gasteiger partial charge in [0, 0.05) is 10.2 Å². The molecule has 2 atom stereocenters. The molecule has 0 fully saturated rings. The summed E-state index contributed by atoms with van der Waals surface area (Å²) in [5.74, 6) is 0.688. The van der Waals surface area contributed by atoms with Crippen molar-refractivity contribution in [1.29, 1.82) is 0 Å². The van der Waals surface area contributed by atoms with Crippen molar-refractivity contribution in [3.8, 4) is 5.75 Å². The Morgan fingerprint density at radius 1 is 0.966 bits per heavy atom. The number of para-hydroxylation sites is 1. The second kappa shape index (κ2) is 8.83. The van der Waals surface area contributed by atoms with E-state index in [9.17, 15) is 4.79 Å². The number of carbonyl (C=O) groups is 1. The molecule has 0 aromatic heterocycles. The first-order valence-corrected chi connectivity index (χ1v) is 10.9. The van der Waals surface area contributed by atoms with Gasteiger partial charge in [0.15, 0.2) is 11.9 Å². The number of hydrogen-bond acceptors (Lipinski definition) is 3. The van der Waals surface area contributed by atoms with Gasteiger partial charge in [0.2, 0.25) is 0 Å². The van der Waals surface area contributed by atoms with E-state index in [1.54, 1.807) is 0 Å². The van der Waals surface area contributed by atoms with Gasteiger partial charge in [0.25, 0.3) is 0 Å². The van der Waals surface area contributed by atoms with E-state index in [0.717, 1.165) is 22.1 Å². The first-order chi connectivity index (χ1) is 14.2. The summed E-state index contributed by atoms with van der Waals surface area (Å²) in [6.07, 6.45) is 3.05. The molecule has 0 spiro atoms. The van der Waals surface area contributed by atoms with E-state index in [0.29, 0.717) is 11.3 Å². The molecule has 0 saturated heterocycles. The third-order valence-corrected chi connectivity index (χ3v) is 5.81. The Kier molecular flexibility index (Phi) is 6.00. The van der Waals surface area contributed by atoms with Crippen LogP contribution in [-0.4, -0.2) is 11.8 Å². The fraction of sp³-hybridized carbons (Fsp3) is 0.240. The molecule has 4 rings (SSSR count). The quantitative estimate of drug-likeness (QED) is 0.461. The Labute approximate surface area is 180 Å². The minimum absolute atomic E-state index is 0.0508. The van der Waals surface area contributed by atoms with Crippen molar-refractivity contribution >= 4 is 27.4 Å². The Hall–Kier alpha value is -2.59.